The topological polar surface area (TPSA) is 122 Å². The van der Waals surface area contributed by atoms with Gasteiger partial charge in [0.15, 0.2) is 6.10 Å². The Morgan fingerprint density at radius 3 is 2.85 bits per heavy atom. The molecular formula is C12H17NO7. The molecule has 4 atom stereocenters. The molecule has 8 heteroatoms. The lowest BCUT2D eigenvalue weighted by molar-refractivity contribution is -0.166. The maximum Gasteiger partial charge on any atom is 0.379 e. The van der Waals surface area contributed by atoms with E-state index in [2.05, 4.69) is 10.1 Å². The molecule has 2 fully saturated rings. The van der Waals surface area contributed by atoms with Crippen molar-refractivity contribution in [3.8, 4) is 0 Å². The predicted molar refractivity (Wildman–Crippen MR) is 63.5 cm³/mol. The van der Waals surface area contributed by atoms with Gasteiger partial charge in [0.2, 0.25) is 6.10 Å². The minimum atomic E-state index is -1.52. The number of aliphatic hydroxyl groups is 2. The van der Waals surface area contributed by atoms with E-state index in [1.165, 1.54) is 0 Å². The first-order chi connectivity index (χ1) is 9.39. The Labute approximate surface area is 115 Å². The smallest absolute Gasteiger partial charge is 0.379 e. The summed E-state index contributed by atoms with van der Waals surface area (Å²) in [6.07, 6.45) is -3.02. The number of carbonyl (C=O) groups is 3. The number of ketones is 1. The minimum absolute atomic E-state index is 0.550. The summed E-state index contributed by atoms with van der Waals surface area (Å²) in [7, 11) is 0. The van der Waals surface area contributed by atoms with Crippen LogP contribution in [-0.4, -0.2) is 64.9 Å². The average molecular weight is 287 g/mol. The molecule has 0 amide bonds. The molecule has 2 saturated heterocycles. The van der Waals surface area contributed by atoms with E-state index in [4.69, 9.17) is 9.84 Å². The fourth-order valence-electron chi connectivity index (χ4n) is 2.33. The van der Waals surface area contributed by atoms with Crippen molar-refractivity contribution in [2.45, 2.75) is 43.6 Å². The number of aliphatic hydroxyl groups excluding tert-OH is 2. The number of Topliss-reactive ketones (excluding diaryl/α,β-unsaturated/α-hetero) is 1. The highest BCUT2D eigenvalue weighted by Crippen LogP contribution is 2.25. The molecule has 2 rings (SSSR count). The molecule has 112 valence electrons. The molecule has 0 aromatic carbocycles. The van der Waals surface area contributed by atoms with E-state index >= 15 is 0 Å². The second-order valence-corrected chi connectivity index (χ2v) is 5.17. The molecule has 2 aliphatic rings. The molecule has 20 heavy (non-hydrogen) atoms. The van der Waals surface area contributed by atoms with Crippen molar-refractivity contribution in [1.82, 2.24) is 5.32 Å². The van der Waals surface area contributed by atoms with Crippen LogP contribution in [0.4, 0.5) is 0 Å². The second kappa shape index (κ2) is 5.47. The SMILES string of the molecule is C[C@]1(C(=O)OC2C(=O)C(=O)O[C@@H]2[C@@H](O)CO)CCCN1. The van der Waals surface area contributed by atoms with Crippen LogP contribution in [0.2, 0.25) is 0 Å². The quantitative estimate of drug-likeness (QED) is 0.396. The third-order valence-corrected chi connectivity index (χ3v) is 3.62. The molecule has 0 aromatic heterocycles. The van der Waals surface area contributed by atoms with Crippen molar-refractivity contribution in [1.29, 1.82) is 0 Å². The number of cyclic esters (lactones) is 1. The van der Waals surface area contributed by atoms with Crippen LogP contribution < -0.4 is 5.32 Å². The van der Waals surface area contributed by atoms with E-state index in [-0.39, 0.29) is 0 Å². The van der Waals surface area contributed by atoms with Crippen molar-refractivity contribution in [3.63, 3.8) is 0 Å². The van der Waals surface area contributed by atoms with E-state index in [1.54, 1.807) is 6.92 Å². The number of hydrogen-bond donors (Lipinski definition) is 3. The molecule has 0 radical (unpaired) electrons. The van der Waals surface area contributed by atoms with Gasteiger partial charge in [-0.05, 0) is 26.3 Å². The van der Waals surface area contributed by atoms with E-state index in [1.807, 2.05) is 0 Å². The first kappa shape index (κ1) is 14.9. The molecule has 2 aliphatic heterocycles. The lowest BCUT2D eigenvalue weighted by Gasteiger charge is -2.26. The highest BCUT2D eigenvalue weighted by molar-refractivity contribution is 6.37. The fourth-order valence-corrected chi connectivity index (χ4v) is 2.33. The van der Waals surface area contributed by atoms with Gasteiger partial charge >= 0.3 is 11.9 Å². The van der Waals surface area contributed by atoms with Gasteiger partial charge < -0.3 is 25.0 Å². The van der Waals surface area contributed by atoms with Crippen molar-refractivity contribution in [3.05, 3.63) is 0 Å². The Kier molecular flexibility index (Phi) is 4.07. The van der Waals surface area contributed by atoms with Crippen molar-refractivity contribution >= 4 is 17.7 Å². The Morgan fingerprint density at radius 1 is 1.60 bits per heavy atom. The molecule has 2 heterocycles. The monoisotopic (exact) mass is 287 g/mol. The lowest BCUT2D eigenvalue weighted by atomic mass is 10.0. The van der Waals surface area contributed by atoms with Gasteiger partial charge in [0, 0.05) is 0 Å². The third kappa shape index (κ3) is 2.54. The van der Waals surface area contributed by atoms with Crippen LogP contribution in [0.1, 0.15) is 19.8 Å². The van der Waals surface area contributed by atoms with Gasteiger partial charge in [-0.3, -0.25) is 9.59 Å². The molecular weight excluding hydrogens is 270 g/mol. The molecule has 8 nitrogen and oxygen atoms in total. The highest BCUT2D eigenvalue weighted by Gasteiger charge is 2.51. The maximum atomic E-state index is 12.1. The summed E-state index contributed by atoms with van der Waals surface area (Å²) in [5, 5.41) is 21.4. The van der Waals surface area contributed by atoms with E-state index in [0.717, 1.165) is 6.42 Å². The zero-order valence-electron chi connectivity index (χ0n) is 11.0. The summed E-state index contributed by atoms with van der Waals surface area (Å²) in [6.45, 7) is 1.58. The number of ether oxygens (including phenoxy) is 2. The number of carbonyl (C=O) groups excluding carboxylic acids is 3. The van der Waals surface area contributed by atoms with Crippen LogP contribution in [0.5, 0.6) is 0 Å². The summed E-state index contributed by atoms with van der Waals surface area (Å²) in [5.74, 6) is -2.89. The molecule has 1 unspecified atom stereocenters. The van der Waals surface area contributed by atoms with Crippen LogP contribution in [0, 0.1) is 0 Å². The minimum Gasteiger partial charge on any atom is -0.449 e. The van der Waals surface area contributed by atoms with Crippen LogP contribution in [0.15, 0.2) is 0 Å². The summed E-state index contributed by atoms with van der Waals surface area (Å²) >= 11 is 0. The molecule has 0 bridgehead atoms. The van der Waals surface area contributed by atoms with Gasteiger partial charge in [-0.1, -0.05) is 0 Å². The number of hydrogen-bond acceptors (Lipinski definition) is 8. The Balaban J connectivity index is 2.11. The van der Waals surface area contributed by atoms with E-state index in [0.29, 0.717) is 13.0 Å². The predicted octanol–water partition coefficient (Wildman–Crippen LogP) is -2.11. The third-order valence-electron chi connectivity index (χ3n) is 3.62. The van der Waals surface area contributed by atoms with Gasteiger partial charge in [-0.25, -0.2) is 4.79 Å². The standard InChI is InChI=1S/C12H17NO7/c1-12(3-2-4-13-12)11(18)20-9-7(16)10(17)19-8(9)6(15)5-14/h6,8-9,13-15H,2-5H2,1H3/t6-,8+,9?,12+/m0/s1. The number of rotatable bonds is 4. The van der Waals surface area contributed by atoms with Crippen LogP contribution in [0.25, 0.3) is 0 Å². The van der Waals surface area contributed by atoms with E-state index in [9.17, 15) is 19.5 Å². The fraction of sp³-hybridized carbons (Fsp3) is 0.750. The lowest BCUT2D eigenvalue weighted by Crippen LogP contribution is -2.50. The molecule has 0 spiro atoms. The normalized spacial score (nSPS) is 35.0. The van der Waals surface area contributed by atoms with Crippen LogP contribution in [0.3, 0.4) is 0 Å². The Hall–Kier alpha value is -1.51. The summed E-state index contributed by atoms with van der Waals surface area (Å²) in [6, 6.07) is 0. The first-order valence-corrected chi connectivity index (χ1v) is 6.39. The first-order valence-electron chi connectivity index (χ1n) is 6.39. The largest absolute Gasteiger partial charge is 0.449 e. The van der Waals surface area contributed by atoms with Crippen molar-refractivity contribution in [2.24, 2.45) is 0 Å². The van der Waals surface area contributed by atoms with Gasteiger partial charge in [0.05, 0.1) is 6.61 Å². The zero-order valence-corrected chi connectivity index (χ0v) is 11.0. The number of nitrogens with one attached hydrogen (secondary N) is 1. The van der Waals surface area contributed by atoms with Crippen LogP contribution in [-0.2, 0) is 23.9 Å². The zero-order chi connectivity index (χ0) is 14.9. The van der Waals surface area contributed by atoms with Crippen molar-refractivity contribution < 1.29 is 34.1 Å². The van der Waals surface area contributed by atoms with Gasteiger partial charge in [-0.2, -0.15) is 0 Å². The number of esters is 2. The molecule has 3 N–H and O–H groups in total. The maximum absolute atomic E-state index is 12.1. The summed E-state index contributed by atoms with van der Waals surface area (Å²) in [4.78, 5) is 34.9. The molecule has 0 saturated carbocycles. The molecule has 0 aromatic rings. The van der Waals surface area contributed by atoms with Gasteiger partial charge in [0.25, 0.3) is 5.78 Å². The van der Waals surface area contributed by atoms with Gasteiger partial charge in [-0.15, -0.1) is 0 Å². The Morgan fingerprint density at radius 2 is 2.30 bits per heavy atom. The van der Waals surface area contributed by atoms with Gasteiger partial charge in [0.1, 0.15) is 11.6 Å². The highest BCUT2D eigenvalue weighted by atomic mass is 16.6. The summed E-state index contributed by atoms with van der Waals surface area (Å²) < 4.78 is 9.69. The van der Waals surface area contributed by atoms with E-state index < -0.39 is 48.2 Å². The van der Waals surface area contributed by atoms with Crippen molar-refractivity contribution in [2.75, 3.05) is 13.2 Å². The average Bonchev–Trinajstić information content (AvgIpc) is 2.98. The Bertz CT molecular complexity index is 430. The molecule has 0 aliphatic carbocycles. The van der Waals surface area contributed by atoms with Crippen LogP contribution >= 0.6 is 0 Å². The second-order valence-electron chi connectivity index (χ2n) is 5.17. The summed E-state index contributed by atoms with van der Waals surface area (Å²) in [5.41, 5.74) is -0.916.